The van der Waals surface area contributed by atoms with Crippen molar-refractivity contribution in [1.29, 1.82) is 0 Å². The number of carbonyl (C=O) groups excluding carboxylic acids is 1. The molecule has 3 aromatic carbocycles. The third-order valence-electron chi connectivity index (χ3n) is 7.93. The van der Waals surface area contributed by atoms with E-state index in [2.05, 4.69) is 29.6 Å². The fraction of sp³-hybridized carbons (Fsp3) is 0.323. The lowest BCUT2D eigenvalue weighted by Crippen LogP contribution is -2.41. The minimum atomic E-state index is -1.08. The Morgan fingerprint density at radius 1 is 0.975 bits per heavy atom. The maximum absolute atomic E-state index is 14.2. The van der Waals surface area contributed by atoms with Crippen molar-refractivity contribution in [3.63, 3.8) is 0 Å². The molecule has 0 bridgehead atoms. The molecule has 1 fully saturated rings. The van der Waals surface area contributed by atoms with E-state index in [0.717, 1.165) is 28.3 Å². The van der Waals surface area contributed by atoms with E-state index in [4.69, 9.17) is 18.8 Å². The second kappa shape index (κ2) is 10.7. The molecule has 1 aliphatic carbocycles. The summed E-state index contributed by atoms with van der Waals surface area (Å²) in [7, 11) is 0.428. The molecule has 1 N–H and O–H groups in total. The van der Waals surface area contributed by atoms with Crippen LogP contribution in [0.25, 0.3) is 17.2 Å². The second-order valence-electron chi connectivity index (χ2n) is 11.0. The third-order valence-corrected chi connectivity index (χ3v) is 7.93. The summed E-state index contributed by atoms with van der Waals surface area (Å²) in [4.78, 5) is 12.9. The van der Waals surface area contributed by atoms with Crippen LogP contribution >= 0.6 is 0 Å². The van der Waals surface area contributed by atoms with Crippen LogP contribution in [0.15, 0.2) is 66.1 Å². The zero-order chi connectivity index (χ0) is 28.7. The fourth-order valence-electron chi connectivity index (χ4n) is 5.05. The average Bonchev–Trinajstić information content (AvgIpc) is 3.36. The minimum Gasteiger partial charge on any atom is -0.494 e. The molecule has 40 heavy (non-hydrogen) atoms. The van der Waals surface area contributed by atoms with Crippen LogP contribution in [0.1, 0.15) is 50.3 Å². The Labute approximate surface area is 233 Å². The molecule has 5 rings (SSSR count). The van der Waals surface area contributed by atoms with Crippen molar-refractivity contribution >= 4 is 19.3 Å². The van der Waals surface area contributed by atoms with E-state index < -0.39 is 36.0 Å². The van der Waals surface area contributed by atoms with Crippen LogP contribution < -0.4 is 10.1 Å². The molecule has 0 saturated carbocycles. The number of halogens is 2. The van der Waals surface area contributed by atoms with Gasteiger partial charge in [-0.25, -0.2) is 9.18 Å². The molecular weight excluding hydrogens is 515 g/mol. The molecule has 0 radical (unpaired) electrons. The topological polar surface area (TPSA) is 66.0 Å². The summed E-state index contributed by atoms with van der Waals surface area (Å²) in [6.07, 6.45) is 0.976. The van der Waals surface area contributed by atoms with Gasteiger partial charge in [0.15, 0.2) is 11.6 Å². The lowest BCUT2D eigenvalue weighted by Gasteiger charge is -2.32. The maximum Gasteiger partial charge on any atom is 0.492 e. The van der Waals surface area contributed by atoms with Gasteiger partial charge in [0.05, 0.1) is 18.3 Å². The number of rotatable bonds is 7. The Morgan fingerprint density at radius 2 is 1.55 bits per heavy atom. The summed E-state index contributed by atoms with van der Waals surface area (Å²) >= 11 is 0. The first-order valence-corrected chi connectivity index (χ1v) is 13.2. The summed E-state index contributed by atoms with van der Waals surface area (Å²) in [5.74, 6) is -2.44. The summed E-state index contributed by atoms with van der Waals surface area (Å²) < 4.78 is 51.3. The molecule has 0 atom stereocenters. The average molecular weight is 547 g/mol. The molecule has 208 valence electrons. The molecule has 1 heterocycles. The van der Waals surface area contributed by atoms with Crippen molar-refractivity contribution in [3.8, 4) is 16.9 Å². The molecule has 1 saturated heterocycles. The van der Waals surface area contributed by atoms with Gasteiger partial charge >= 0.3 is 13.2 Å². The maximum atomic E-state index is 14.2. The number of benzene rings is 3. The Bertz CT molecular complexity index is 1410. The summed E-state index contributed by atoms with van der Waals surface area (Å²) in [6, 6.07) is 18.6. The number of alkyl carbamates (subject to hydrolysis) is 1. The molecule has 3 aromatic rings. The Morgan fingerprint density at radius 3 is 2.12 bits per heavy atom. The molecule has 1 amide bonds. The van der Waals surface area contributed by atoms with Crippen molar-refractivity contribution in [1.82, 2.24) is 5.32 Å². The highest BCUT2D eigenvalue weighted by molar-refractivity contribution is 6.56. The van der Waals surface area contributed by atoms with Crippen molar-refractivity contribution in [2.45, 2.75) is 44.8 Å². The van der Waals surface area contributed by atoms with Crippen molar-refractivity contribution < 1.29 is 32.4 Å². The van der Waals surface area contributed by atoms with Gasteiger partial charge in [0.25, 0.3) is 0 Å². The van der Waals surface area contributed by atoms with Crippen molar-refractivity contribution in [3.05, 3.63) is 94.5 Å². The first-order valence-electron chi connectivity index (χ1n) is 13.2. The third kappa shape index (κ3) is 5.23. The zero-order valence-corrected chi connectivity index (χ0v) is 23.2. The van der Waals surface area contributed by atoms with Gasteiger partial charge in [0.1, 0.15) is 6.61 Å². The second-order valence-corrected chi connectivity index (χ2v) is 11.0. The van der Waals surface area contributed by atoms with Gasteiger partial charge < -0.3 is 24.1 Å². The molecule has 9 heteroatoms. The Kier molecular flexibility index (Phi) is 7.46. The molecule has 1 aliphatic heterocycles. The highest BCUT2D eigenvalue weighted by Gasteiger charge is 2.52. The number of fused-ring (bicyclic) bond motifs is 3. The van der Waals surface area contributed by atoms with Crippen LogP contribution in [0.2, 0.25) is 0 Å². The summed E-state index contributed by atoms with van der Waals surface area (Å²) in [5.41, 5.74) is 4.04. The smallest absolute Gasteiger partial charge is 0.492 e. The van der Waals surface area contributed by atoms with E-state index in [0.29, 0.717) is 11.0 Å². The van der Waals surface area contributed by atoms with E-state index in [9.17, 15) is 13.6 Å². The van der Waals surface area contributed by atoms with E-state index in [1.165, 1.54) is 13.2 Å². The normalized spacial score (nSPS) is 17.4. The zero-order valence-electron chi connectivity index (χ0n) is 23.2. The van der Waals surface area contributed by atoms with Gasteiger partial charge in [-0.1, -0.05) is 54.6 Å². The quantitative estimate of drug-likeness (QED) is 0.341. The lowest BCUT2D eigenvalue weighted by molar-refractivity contribution is 0.00578. The number of hydrogen-bond donors (Lipinski definition) is 1. The van der Waals surface area contributed by atoms with Crippen molar-refractivity contribution in [2.24, 2.45) is 0 Å². The first kappa shape index (κ1) is 27.9. The van der Waals surface area contributed by atoms with E-state index >= 15 is 0 Å². The molecule has 0 unspecified atom stereocenters. The molecular formula is C31H32BF2NO5. The van der Waals surface area contributed by atoms with Crippen LogP contribution in [-0.2, 0) is 14.0 Å². The summed E-state index contributed by atoms with van der Waals surface area (Å²) in [6.45, 7) is 7.79. The number of carbonyl (C=O) groups is 1. The largest absolute Gasteiger partial charge is 0.494 e. The number of methoxy groups -OCH3 is 1. The number of ether oxygens (including phenoxy) is 2. The Hall–Kier alpha value is -3.69. The monoisotopic (exact) mass is 547 g/mol. The van der Waals surface area contributed by atoms with Crippen molar-refractivity contribution in [2.75, 3.05) is 20.3 Å². The lowest BCUT2D eigenvalue weighted by atomic mass is 9.77. The van der Waals surface area contributed by atoms with Gasteiger partial charge in [-0.2, -0.15) is 4.39 Å². The molecule has 0 aromatic heterocycles. The van der Waals surface area contributed by atoms with Crippen LogP contribution in [0.5, 0.6) is 5.75 Å². The predicted molar refractivity (Wildman–Crippen MR) is 150 cm³/mol. The highest BCUT2D eigenvalue weighted by Crippen LogP contribution is 2.44. The highest BCUT2D eigenvalue weighted by atomic mass is 19.2. The van der Waals surface area contributed by atoms with Gasteiger partial charge in [-0.15, -0.1) is 0 Å². The van der Waals surface area contributed by atoms with E-state index in [1.54, 1.807) is 6.08 Å². The molecule has 0 spiro atoms. The standard InChI is InChI=1S/C31H32BF2NO5/c1-30(2)31(3,4)40-32(39-30)20(14-19-15-26(33)28(34)27(16-19)37-5)17-35-29(36)38-18-25-23-12-8-6-10-21(23)22-11-7-9-13-24(22)25/h6-16,25H,17-18H2,1-5H3,(H,35,36). The van der Waals surface area contributed by atoms with Gasteiger partial charge in [-0.3, -0.25) is 0 Å². The van der Waals surface area contributed by atoms with Gasteiger partial charge in [0, 0.05) is 12.5 Å². The first-order chi connectivity index (χ1) is 19.0. The van der Waals surface area contributed by atoms with E-state index in [-0.39, 0.29) is 24.8 Å². The van der Waals surface area contributed by atoms with Crippen LogP contribution in [0.4, 0.5) is 13.6 Å². The molecule has 2 aliphatic rings. The number of amides is 1. The number of nitrogens with one attached hydrogen (secondary N) is 1. The SMILES string of the molecule is COc1cc(C=C(CNC(=O)OCC2c3ccccc3-c3ccccc32)B2OC(C)(C)C(C)(C)O2)cc(F)c1F. The van der Waals surface area contributed by atoms with Crippen LogP contribution in [0.3, 0.4) is 0 Å². The van der Waals surface area contributed by atoms with E-state index in [1.807, 2.05) is 52.0 Å². The van der Waals surface area contributed by atoms with Gasteiger partial charge in [-0.05, 0) is 73.1 Å². The van der Waals surface area contributed by atoms with Crippen LogP contribution in [0, 0.1) is 11.6 Å². The van der Waals surface area contributed by atoms with Gasteiger partial charge in [0.2, 0.25) is 5.82 Å². The minimum absolute atomic E-state index is 0.00515. The fourth-order valence-corrected chi connectivity index (χ4v) is 5.05. The number of hydrogen-bond acceptors (Lipinski definition) is 5. The van der Waals surface area contributed by atoms with Crippen LogP contribution in [-0.4, -0.2) is 44.7 Å². The summed E-state index contributed by atoms with van der Waals surface area (Å²) in [5, 5.41) is 2.77. The predicted octanol–water partition coefficient (Wildman–Crippen LogP) is 6.53. The Balaban J connectivity index is 1.33. The molecule has 6 nitrogen and oxygen atoms in total.